The lowest BCUT2D eigenvalue weighted by Crippen LogP contribution is -2.43. The number of hydrogen-bond acceptors (Lipinski definition) is 7. The molecule has 2 fully saturated rings. The number of ether oxygens (including phenoxy) is 2. The summed E-state index contributed by atoms with van der Waals surface area (Å²) in [7, 11) is 0. The Labute approximate surface area is 228 Å². The SMILES string of the molecule is Cc1cc(N)c(F)c(C2Cc3nc(OC[C@@]45CCCN4C[C@H](F)C5)nc(C4=CCNCC4)c3CO2)c1C(F)(F)F. The molecule has 2 aromatic rings. The number of alkyl halides is 4. The molecule has 2 saturated heterocycles. The number of nitrogens with zero attached hydrogens (tertiary/aromatic N) is 3. The minimum absolute atomic E-state index is 0.0811. The molecule has 1 unspecified atom stereocenters. The van der Waals surface area contributed by atoms with Gasteiger partial charge in [-0.25, -0.2) is 8.78 Å². The number of halogens is 5. The molecular formula is C28H32F5N5O2. The van der Waals surface area contributed by atoms with E-state index in [0.29, 0.717) is 42.9 Å². The zero-order valence-corrected chi connectivity index (χ0v) is 22.2. The molecule has 6 rings (SSSR count). The van der Waals surface area contributed by atoms with Crippen LogP contribution in [0.15, 0.2) is 12.1 Å². The number of nitrogen functional groups attached to an aromatic ring is 1. The van der Waals surface area contributed by atoms with Crippen LogP contribution in [0.3, 0.4) is 0 Å². The zero-order valence-electron chi connectivity index (χ0n) is 22.2. The molecule has 3 atom stereocenters. The number of benzene rings is 1. The van der Waals surface area contributed by atoms with Crippen molar-refractivity contribution in [3.63, 3.8) is 0 Å². The Morgan fingerprint density at radius 3 is 2.88 bits per heavy atom. The van der Waals surface area contributed by atoms with Gasteiger partial charge in [-0.3, -0.25) is 4.90 Å². The van der Waals surface area contributed by atoms with E-state index in [1.807, 2.05) is 6.08 Å². The summed E-state index contributed by atoms with van der Waals surface area (Å²) in [5.41, 5.74) is 5.76. The highest BCUT2D eigenvalue weighted by Gasteiger charge is 2.49. The Bertz CT molecular complexity index is 1350. The third kappa shape index (κ3) is 4.83. The summed E-state index contributed by atoms with van der Waals surface area (Å²) < 4.78 is 83.7. The Hall–Kier alpha value is -2.83. The van der Waals surface area contributed by atoms with Crippen molar-refractivity contribution in [3.05, 3.63) is 51.6 Å². The molecule has 0 amide bonds. The molecule has 0 aliphatic carbocycles. The van der Waals surface area contributed by atoms with Gasteiger partial charge >= 0.3 is 12.2 Å². The van der Waals surface area contributed by atoms with E-state index in [1.54, 1.807) is 0 Å². The Kier molecular flexibility index (Phi) is 6.99. The summed E-state index contributed by atoms with van der Waals surface area (Å²) in [4.78, 5) is 11.4. The Morgan fingerprint density at radius 1 is 1.30 bits per heavy atom. The Morgan fingerprint density at radius 2 is 2.12 bits per heavy atom. The summed E-state index contributed by atoms with van der Waals surface area (Å²) in [6.07, 6.45) is -2.24. The summed E-state index contributed by atoms with van der Waals surface area (Å²) in [6, 6.07) is 1.07. The molecule has 4 aliphatic rings. The highest BCUT2D eigenvalue weighted by atomic mass is 19.4. The molecule has 1 aromatic carbocycles. The normalized spacial score (nSPS) is 26.9. The monoisotopic (exact) mass is 565 g/mol. The average molecular weight is 566 g/mol. The largest absolute Gasteiger partial charge is 0.461 e. The predicted molar refractivity (Wildman–Crippen MR) is 138 cm³/mol. The van der Waals surface area contributed by atoms with Crippen molar-refractivity contribution in [3.8, 4) is 6.01 Å². The second-order valence-electron chi connectivity index (χ2n) is 11.2. The molecule has 0 radical (unpaired) electrons. The lowest BCUT2D eigenvalue weighted by Gasteiger charge is -2.32. The zero-order chi connectivity index (χ0) is 28.2. The third-order valence-corrected chi connectivity index (χ3v) is 8.61. The summed E-state index contributed by atoms with van der Waals surface area (Å²) in [6.45, 7) is 3.96. The van der Waals surface area contributed by atoms with E-state index >= 15 is 4.39 Å². The number of nitrogens with one attached hydrogen (secondary N) is 1. The van der Waals surface area contributed by atoms with Crippen molar-refractivity contribution in [2.45, 2.75) is 69.6 Å². The van der Waals surface area contributed by atoms with Crippen molar-refractivity contribution < 1.29 is 31.4 Å². The van der Waals surface area contributed by atoms with Crippen LogP contribution in [-0.4, -0.2) is 59.4 Å². The van der Waals surface area contributed by atoms with Crippen LogP contribution in [0.2, 0.25) is 0 Å². The summed E-state index contributed by atoms with van der Waals surface area (Å²) in [5.74, 6) is -1.14. The molecule has 12 heteroatoms. The van der Waals surface area contributed by atoms with E-state index in [9.17, 15) is 17.6 Å². The van der Waals surface area contributed by atoms with Gasteiger partial charge in [-0.05, 0) is 56.5 Å². The first-order valence-corrected chi connectivity index (χ1v) is 13.6. The van der Waals surface area contributed by atoms with Gasteiger partial charge in [0.1, 0.15) is 12.8 Å². The van der Waals surface area contributed by atoms with Gasteiger partial charge in [-0.2, -0.15) is 23.1 Å². The van der Waals surface area contributed by atoms with E-state index in [2.05, 4.69) is 15.2 Å². The number of anilines is 1. The minimum Gasteiger partial charge on any atom is -0.461 e. The molecule has 216 valence electrons. The van der Waals surface area contributed by atoms with Crippen molar-refractivity contribution >= 4 is 11.3 Å². The predicted octanol–water partition coefficient (Wildman–Crippen LogP) is 4.67. The number of aryl methyl sites for hydroxylation is 1. The number of nitrogens with two attached hydrogens (primary N) is 1. The molecule has 0 spiro atoms. The summed E-state index contributed by atoms with van der Waals surface area (Å²) in [5, 5.41) is 3.25. The van der Waals surface area contributed by atoms with Crippen molar-refractivity contribution in [1.82, 2.24) is 20.2 Å². The minimum atomic E-state index is -4.80. The van der Waals surface area contributed by atoms with Crippen LogP contribution in [0.5, 0.6) is 6.01 Å². The van der Waals surface area contributed by atoms with E-state index in [0.717, 1.165) is 37.6 Å². The van der Waals surface area contributed by atoms with Crippen LogP contribution in [-0.2, 0) is 23.9 Å². The standard InChI is InChI=1S/C28H32F5N5O2/c1-15-9-19(34)24(30)22(23(15)28(31,32)33)21-10-20-18(13-39-21)25(16-3-6-35-7-4-16)37-26(36-20)40-14-27-5-2-8-38(27)12-17(29)11-27/h3,9,17,21,35H,2,4-8,10-14,34H2,1H3/t17-,21?,27+/m1/s1. The van der Waals surface area contributed by atoms with Gasteiger partial charge in [0, 0.05) is 37.1 Å². The molecular weight excluding hydrogens is 533 g/mol. The lowest BCUT2D eigenvalue weighted by atomic mass is 9.90. The molecule has 40 heavy (non-hydrogen) atoms. The number of aromatic nitrogens is 2. The van der Waals surface area contributed by atoms with Gasteiger partial charge in [0.2, 0.25) is 0 Å². The van der Waals surface area contributed by atoms with Gasteiger partial charge in [-0.1, -0.05) is 6.08 Å². The first-order valence-electron chi connectivity index (χ1n) is 13.6. The van der Waals surface area contributed by atoms with Crippen molar-refractivity contribution in [2.24, 2.45) is 0 Å². The molecule has 3 N–H and O–H groups in total. The van der Waals surface area contributed by atoms with Crippen molar-refractivity contribution in [1.29, 1.82) is 0 Å². The fourth-order valence-electron chi connectivity index (χ4n) is 6.77. The van der Waals surface area contributed by atoms with Crippen LogP contribution < -0.4 is 15.8 Å². The lowest BCUT2D eigenvalue weighted by molar-refractivity contribution is -0.140. The van der Waals surface area contributed by atoms with Crippen molar-refractivity contribution in [2.75, 3.05) is 38.5 Å². The van der Waals surface area contributed by atoms with E-state index < -0.39 is 40.9 Å². The average Bonchev–Trinajstić information content (AvgIpc) is 3.44. The third-order valence-electron chi connectivity index (χ3n) is 8.61. The first kappa shape index (κ1) is 27.3. The van der Waals surface area contributed by atoms with Gasteiger partial charge in [0.25, 0.3) is 0 Å². The van der Waals surface area contributed by atoms with Gasteiger partial charge < -0.3 is 20.5 Å². The smallest absolute Gasteiger partial charge is 0.417 e. The van der Waals surface area contributed by atoms with Crippen LogP contribution >= 0.6 is 0 Å². The maximum Gasteiger partial charge on any atom is 0.417 e. The topological polar surface area (TPSA) is 85.5 Å². The highest BCUT2D eigenvalue weighted by Crippen LogP contribution is 2.45. The van der Waals surface area contributed by atoms with E-state index in [1.165, 1.54) is 6.92 Å². The molecule has 4 aliphatic heterocycles. The van der Waals surface area contributed by atoms with E-state index in [4.69, 9.17) is 20.2 Å². The fraction of sp³-hybridized carbons (Fsp3) is 0.571. The maximum atomic E-state index is 15.2. The quantitative estimate of drug-likeness (QED) is 0.403. The van der Waals surface area contributed by atoms with Crippen LogP contribution in [0.25, 0.3) is 5.57 Å². The second-order valence-corrected chi connectivity index (χ2v) is 11.2. The molecule has 0 saturated carbocycles. The van der Waals surface area contributed by atoms with Gasteiger partial charge in [0.15, 0.2) is 5.82 Å². The van der Waals surface area contributed by atoms with E-state index in [-0.39, 0.29) is 36.9 Å². The van der Waals surface area contributed by atoms with Gasteiger partial charge in [-0.15, -0.1) is 0 Å². The molecule has 1 aromatic heterocycles. The van der Waals surface area contributed by atoms with Gasteiger partial charge in [0.05, 0.1) is 40.9 Å². The molecule has 0 bridgehead atoms. The molecule has 5 heterocycles. The van der Waals surface area contributed by atoms with Crippen LogP contribution in [0.4, 0.5) is 27.6 Å². The summed E-state index contributed by atoms with van der Waals surface area (Å²) >= 11 is 0. The number of hydrogen-bond donors (Lipinski definition) is 2. The highest BCUT2D eigenvalue weighted by molar-refractivity contribution is 5.67. The first-order chi connectivity index (χ1) is 19.1. The van der Waals surface area contributed by atoms with Crippen LogP contribution in [0, 0.1) is 12.7 Å². The van der Waals surface area contributed by atoms with Crippen LogP contribution in [0.1, 0.15) is 65.4 Å². The maximum absolute atomic E-state index is 15.2. The second kappa shape index (κ2) is 10.2. The fourth-order valence-corrected chi connectivity index (χ4v) is 6.77. The molecule has 7 nitrogen and oxygen atoms in total. The number of rotatable bonds is 5. The number of fused-ring (bicyclic) bond motifs is 2. The Balaban J connectivity index is 1.37.